The minimum Gasteiger partial charge on any atom is -0.317 e. The van der Waals surface area contributed by atoms with E-state index in [4.69, 9.17) is 2.74 Å². The highest BCUT2D eigenvalue weighted by atomic mass is 16.2. The van der Waals surface area contributed by atoms with E-state index in [0.29, 0.717) is 5.56 Å². The molecule has 0 N–H and O–H groups in total. The molecule has 0 saturated heterocycles. The standard InChI is InChI=1S/C12H14N2O/c1-13-9-8-11(14(2)12(13)15)10-6-4-3-5-7-10/h3-9,11H,1-2H3/i9D,11D. The van der Waals surface area contributed by atoms with Crippen molar-refractivity contribution in [2.75, 3.05) is 14.1 Å². The number of likely N-dealkylation sites (N-methyl/N-ethyl adjacent to an activating group) is 1. The van der Waals surface area contributed by atoms with Crippen molar-refractivity contribution in [3.8, 4) is 0 Å². The van der Waals surface area contributed by atoms with E-state index in [1.165, 1.54) is 22.9 Å². The number of amides is 2. The summed E-state index contributed by atoms with van der Waals surface area (Å²) < 4.78 is 16.1. The molecule has 1 atom stereocenters. The van der Waals surface area contributed by atoms with Crippen LogP contribution in [0.3, 0.4) is 0 Å². The van der Waals surface area contributed by atoms with Crippen molar-refractivity contribution >= 4 is 6.03 Å². The summed E-state index contributed by atoms with van der Waals surface area (Å²) in [6.45, 7) is 0. The van der Waals surface area contributed by atoms with Crippen LogP contribution in [-0.2, 0) is 0 Å². The molecule has 0 aliphatic carbocycles. The maximum absolute atomic E-state index is 11.9. The Kier molecular flexibility index (Phi) is 1.89. The molecule has 0 radical (unpaired) electrons. The van der Waals surface area contributed by atoms with Crippen LogP contribution in [0.5, 0.6) is 0 Å². The number of carbonyl (C=O) groups excluding carboxylic acids is 1. The van der Waals surface area contributed by atoms with Crippen LogP contribution in [-0.4, -0.2) is 29.9 Å². The minimum absolute atomic E-state index is 0.0481. The van der Waals surface area contributed by atoms with Gasteiger partial charge in [0, 0.05) is 20.3 Å². The van der Waals surface area contributed by atoms with Crippen LogP contribution in [0, 0.1) is 0 Å². The molecule has 1 aromatic carbocycles. The maximum Gasteiger partial charge on any atom is 0.324 e. The molecule has 78 valence electrons. The second-order valence-electron chi connectivity index (χ2n) is 3.43. The van der Waals surface area contributed by atoms with Crippen molar-refractivity contribution < 1.29 is 7.54 Å². The Morgan fingerprint density at radius 1 is 1.33 bits per heavy atom. The molecule has 0 saturated carbocycles. The first kappa shape index (κ1) is 7.51. The average Bonchev–Trinajstić information content (AvgIpc) is 2.35. The third-order valence-corrected chi connectivity index (χ3v) is 2.40. The molecule has 3 nitrogen and oxygen atoms in total. The number of rotatable bonds is 1. The van der Waals surface area contributed by atoms with Crippen molar-refractivity contribution in [3.63, 3.8) is 0 Å². The van der Waals surface area contributed by atoms with E-state index in [-0.39, 0.29) is 12.2 Å². The van der Waals surface area contributed by atoms with Crippen LogP contribution < -0.4 is 0 Å². The van der Waals surface area contributed by atoms with E-state index in [2.05, 4.69) is 0 Å². The highest BCUT2D eigenvalue weighted by Gasteiger charge is 2.24. The molecule has 0 spiro atoms. The lowest BCUT2D eigenvalue weighted by atomic mass is 10.1. The molecule has 2 amide bonds. The lowest BCUT2D eigenvalue weighted by molar-refractivity contribution is 0.171. The fourth-order valence-corrected chi connectivity index (χ4v) is 1.52. The van der Waals surface area contributed by atoms with Crippen molar-refractivity contribution in [3.05, 3.63) is 48.1 Å². The molecular weight excluding hydrogens is 188 g/mol. The number of carbonyl (C=O) groups is 1. The van der Waals surface area contributed by atoms with Gasteiger partial charge < -0.3 is 9.80 Å². The first-order valence-electron chi connectivity index (χ1n) is 5.73. The summed E-state index contributed by atoms with van der Waals surface area (Å²) in [4.78, 5) is 14.4. The molecule has 0 aromatic heterocycles. The molecule has 15 heavy (non-hydrogen) atoms. The Hall–Kier alpha value is -1.77. The molecule has 1 aromatic rings. The topological polar surface area (TPSA) is 23.6 Å². The van der Waals surface area contributed by atoms with Crippen molar-refractivity contribution in [1.82, 2.24) is 9.80 Å². The fourth-order valence-electron chi connectivity index (χ4n) is 1.52. The van der Waals surface area contributed by atoms with Crippen LogP contribution >= 0.6 is 0 Å². The van der Waals surface area contributed by atoms with Gasteiger partial charge in [-0.05, 0) is 11.6 Å². The van der Waals surface area contributed by atoms with E-state index < -0.39 is 6.02 Å². The summed E-state index contributed by atoms with van der Waals surface area (Å²) in [6, 6.07) is 7.41. The van der Waals surface area contributed by atoms with Gasteiger partial charge >= 0.3 is 6.03 Å². The smallest absolute Gasteiger partial charge is 0.317 e. The summed E-state index contributed by atoms with van der Waals surface area (Å²) in [5.74, 6) is 0. The van der Waals surface area contributed by atoms with Crippen LogP contribution in [0.2, 0.25) is 0 Å². The molecule has 1 heterocycles. The van der Waals surface area contributed by atoms with Gasteiger partial charge in [0.15, 0.2) is 0 Å². The number of benzene rings is 1. The zero-order valence-electron chi connectivity index (χ0n) is 10.8. The number of hydrogen-bond donors (Lipinski definition) is 0. The van der Waals surface area contributed by atoms with Crippen LogP contribution in [0.15, 0.2) is 42.6 Å². The van der Waals surface area contributed by atoms with Gasteiger partial charge in [0.2, 0.25) is 0 Å². The van der Waals surface area contributed by atoms with E-state index in [1.807, 2.05) is 18.2 Å². The summed E-state index contributed by atoms with van der Waals surface area (Å²) in [7, 11) is 3.10. The van der Waals surface area contributed by atoms with Gasteiger partial charge in [-0.3, -0.25) is 0 Å². The largest absolute Gasteiger partial charge is 0.324 e. The SMILES string of the molecule is [2H]C1=CC([2H])(c2ccccc2)N(C)C(=O)N1C. The van der Waals surface area contributed by atoms with E-state index in [9.17, 15) is 4.79 Å². The van der Waals surface area contributed by atoms with Gasteiger partial charge in [0.1, 0.15) is 0 Å². The van der Waals surface area contributed by atoms with Gasteiger partial charge in [-0.15, -0.1) is 0 Å². The minimum atomic E-state index is -1.30. The van der Waals surface area contributed by atoms with Crippen molar-refractivity contribution in [2.24, 2.45) is 0 Å². The van der Waals surface area contributed by atoms with Gasteiger partial charge in [-0.1, -0.05) is 30.3 Å². The zero-order valence-corrected chi connectivity index (χ0v) is 8.77. The average molecular weight is 204 g/mol. The Labute approximate surface area is 92.4 Å². The third-order valence-electron chi connectivity index (χ3n) is 2.40. The molecule has 2 rings (SSSR count). The number of nitrogens with zero attached hydrogens (tertiary/aromatic N) is 2. The van der Waals surface area contributed by atoms with Crippen LogP contribution in [0.4, 0.5) is 4.79 Å². The lowest BCUT2D eigenvalue weighted by Gasteiger charge is -2.33. The van der Waals surface area contributed by atoms with Gasteiger partial charge in [-0.25, -0.2) is 4.79 Å². The highest BCUT2D eigenvalue weighted by molar-refractivity contribution is 5.77. The lowest BCUT2D eigenvalue weighted by Crippen LogP contribution is -2.41. The van der Waals surface area contributed by atoms with Crippen molar-refractivity contribution in [1.29, 1.82) is 0 Å². The predicted octanol–water partition coefficient (Wildman–Crippen LogP) is 2.24. The van der Waals surface area contributed by atoms with E-state index >= 15 is 0 Å². The Morgan fingerprint density at radius 2 is 2.00 bits per heavy atom. The van der Waals surface area contributed by atoms with E-state index in [0.717, 1.165) is 0 Å². The molecular formula is C12H14N2O. The Balaban J connectivity index is 2.54. The maximum atomic E-state index is 11.9. The molecule has 1 unspecified atom stereocenters. The Bertz CT molecular complexity index is 475. The van der Waals surface area contributed by atoms with Crippen LogP contribution in [0.1, 0.15) is 14.3 Å². The second kappa shape index (κ2) is 3.77. The third kappa shape index (κ3) is 1.73. The molecule has 0 fully saturated rings. The zero-order chi connectivity index (χ0) is 12.6. The number of hydrogen-bond acceptors (Lipinski definition) is 1. The summed E-state index contributed by atoms with van der Waals surface area (Å²) in [6.07, 6.45) is 1.51. The normalized spacial score (nSPS) is 28.4. The second-order valence-corrected chi connectivity index (χ2v) is 3.43. The Morgan fingerprint density at radius 3 is 2.67 bits per heavy atom. The molecule has 0 bridgehead atoms. The van der Waals surface area contributed by atoms with Gasteiger partial charge in [0.05, 0.1) is 8.76 Å². The molecule has 3 heteroatoms. The summed E-state index contributed by atoms with van der Waals surface area (Å²) in [5, 5.41) is 0. The van der Waals surface area contributed by atoms with E-state index in [1.54, 1.807) is 19.2 Å². The molecule has 1 aliphatic rings. The summed E-state index contributed by atoms with van der Waals surface area (Å²) >= 11 is 0. The van der Waals surface area contributed by atoms with Crippen LogP contribution in [0.25, 0.3) is 0 Å². The quantitative estimate of drug-likeness (QED) is 0.688. The van der Waals surface area contributed by atoms with Gasteiger partial charge in [0.25, 0.3) is 0 Å². The molecule has 1 aliphatic heterocycles. The predicted molar refractivity (Wildman–Crippen MR) is 59.2 cm³/mol. The monoisotopic (exact) mass is 204 g/mol. The van der Waals surface area contributed by atoms with Crippen molar-refractivity contribution in [2.45, 2.75) is 6.02 Å². The van der Waals surface area contributed by atoms with Gasteiger partial charge in [-0.2, -0.15) is 0 Å². The first-order valence-corrected chi connectivity index (χ1v) is 4.73. The highest BCUT2D eigenvalue weighted by Crippen LogP contribution is 2.24. The fraction of sp³-hybridized carbons (Fsp3) is 0.250. The summed E-state index contributed by atoms with van der Waals surface area (Å²) in [5.41, 5.74) is 0.675. The first-order chi connectivity index (χ1) is 7.97. The number of urea groups is 1.